The van der Waals surface area contributed by atoms with Gasteiger partial charge in [0.25, 0.3) is 0 Å². The molecular formula is C13H31NO3Si3. The van der Waals surface area contributed by atoms with Gasteiger partial charge in [0, 0.05) is 0 Å². The van der Waals surface area contributed by atoms with Crippen LogP contribution in [0.4, 0.5) is 0 Å². The molecule has 118 valence electrons. The van der Waals surface area contributed by atoms with E-state index in [-0.39, 0.29) is 5.78 Å². The summed E-state index contributed by atoms with van der Waals surface area (Å²) in [6.45, 7) is 17.0. The lowest BCUT2D eigenvalue weighted by molar-refractivity contribution is -0.112. The number of hydrogen-bond donors (Lipinski definition) is 1. The van der Waals surface area contributed by atoms with Crippen molar-refractivity contribution in [3.8, 4) is 0 Å². The van der Waals surface area contributed by atoms with Crippen LogP contribution >= 0.6 is 0 Å². The summed E-state index contributed by atoms with van der Waals surface area (Å²) in [5.41, 5.74) is 5.66. The molecule has 0 rings (SSSR count). The van der Waals surface area contributed by atoms with E-state index in [0.717, 1.165) is 12.5 Å². The second kappa shape index (κ2) is 7.81. The zero-order valence-electron chi connectivity index (χ0n) is 13.9. The van der Waals surface area contributed by atoms with Crippen molar-refractivity contribution in [1.82, 2.24) is 0 Å². The Hall–Kier alpha value is -0.0594. The van der Waals surface area contributed by atoms with Crippen molar-refractivity contribution in [2.75, 3.05) is 6.54 Å². The van der Waals surface area contributed by atoms with Crippen molar-refractivity contribution in [3.63, 3.8) is 0 Å². The standard InChI is InChI=1S/C13H31NO3Si3/c1-8-13(15)12-20(11-9-10-14,16-18(2,3)4)17-19(5,6)7/h8H,1,9-12,14H2,2-7H3. The number of carbonyl (C=O) groups is 1. The van der Waals surface area contributed by atoms with Crippen molar-refractivity contribution in [3.05, 3.63) is 12.7 Å². The Balaban J connectivity index is 5.36. The summed E-state index contributed by atoms with van der Waals surface area (Å²) in [7, 11) is -6.13. The summed E-state index contributed by atoms with van der Waals surface area (Å²) in [5.74, 6) is 0.0187. The van der Waals surface area contributed by atoms with Crippen LogP contribution < -0.4 is 5.73 Å². The molecule has 0 heterocycles. The van der Waals surface area contributed by atoms with Gasteiger partial charge in [0.15, 0.2) is 22.4 Å². The van der Waals surface area contributed by atoms with Gasteiger partial charge in [-0.05, 0) is 64.4 Å². The number of carbonyl (C=O) groups excluding carboxylic acids is 1. The van der Waals surface area contributed by atoms with Crippen LogP contribution in [0.3, 0.4) is 0 Å². The van der Waals surface area contributed by atoms with Gasteiger partial charge in [-0.15, -0.1) is 0 Å². The molecule has 0 saturated heterocycles. The first kappa shape index (κ1) is 19.9. The molecule has 7 heteroatoms. The summed E-state index contributed by atoms with van der Waals surface area (Å²) in [5, 5.41) is 0. The molecule has 0 fully saturated rings. The smallest absolute Gasteiger partial charge is 0.325 e. The van der Waals surface area contributed by atoms with Crippen LogP contribution in [0.25, 0.3) is 0 Å². The molecule has 0 atom stereocenters. The molecule has 0 amide bonds. The fourth-order valence-electron chi connectivity index (χ4n) is 2.11. The van der Waals surface area contributed by atoms with E-state index in [9.17, 15) is 4.79 Å². The van der Waals surface area contributed by atoms with Gasteiger partial charge in [-0.1, -0.05) is 6.58 Å². The van der Waals surface area contributed by atoms with Gasteiger partial charge in [-0.25, -0.2) is 0 Å². The van der Waals surface area contributed by atoms with Crippen LogP contribution in [0.1, 0.15) is 6.42 Å². The van der Waals surface area contributed by atoms with Crippen LogP contribution in [0.5, 0.6) is 0 Å². The second-order valence-electron chi connectivity index (χ2n) is 7.08. The number of allylic oxidation sites excluding steroid dienone is 1. The maximum Gasteiger partial charge on any atom is 0.325 e. The first-order valence-electron chi connectivity index (χ1n) is 7.19. The number of nitrogens with two attached hydrogens (primary N) is 1. The highest BCUT2D eigenvalue weighted by atomic mass is 28.5. The fraction of sp³-hybridized carbons (Fsp3) is 0.769. The molecule has 0 aliphatic heterocycles. The molecule has 0 unspecified atom stereocenters. The summed E-state index contributed by atoms with van der Waals surface area (Å²) in [6, 6.07) is 1.16. The summed E-state index contributed by atoms with van der Waals surface area (Å²) in [4.78, 5) is 11.9. The molecule has 0 spiro atoms. The molecule has 0 aromatic rings. The molecule has 0 aliphatic rings. The zero-order chi connectivity index (χ0) is 16.0. The number of ketones is 1. The monoisotopic (exact) mass is 333 g/mol. The highest BCUT2D eigenvalue weighted by molar-refractivity contribution is 6.89. The van der Waals surface area contributed by atoms with Crippen LogP contribution in [0, 0.1) is 0 Å². The lowest BCUT2D eigenvalue weighted by Crippen LogP contribution is -2.55. The van der Waals surface area contributed by atoms with E-state index in [0.29, 0.717) is 12.6 Å². The lowest BCUT2D eigenvalue weighted by atomic mass is 10.4. The Morgan fingerprint density at radius 3 is 1.85 bits per heavy atom. The molecule has 4 nitrogen and oxygen atoms in total. The summed E-state index contributed by atoms with van der Waals surface area (Å²) in [6.07, 6.45) is 2.22. The van der Waals surface area contributed by atoms with Crippen LogP contribution in [0.15, 0.2) is 12.7 Å². The predicted molar refractivity (Wildman–Crippen MR) is 93.1 cm³/mol. The van der Waals surface area contributed by atoms with Crippen molar-refractivity contribution in [2.45, 2.75) is 57.8 Å². The molecule has 0 radical (unpaired) electrons. The zero-order valence-corrected chi connectivity index (χ0v) is 16.9. The Morgan fingerprint density at radius 1 is 1.10 bits per heavy atom. The first-order valence-corrected chi connectivity index (χ1v) is 16.2. The summed E-state index contributed by atoms with van der Waals surface area (Å²) < 4.78 is 12.9. The Labute approximate surface area is 127 Å². The Bertz CT molecular complexity index is 319. The predicted octanol–water partition coefficient (Wildman–Crippen LogP) is 3.24. The highest BCUT2D eigenvalue weighted by Gasteiger charge is 2.45. The second-order valence-corrected chi connectivity index (χ2v) is 19.8. The third-order valence-electron chi connectivity index (χ3n) is 2.42. The number of hydrogen-bond acceptors (Lipinski definition) is 4. The van der Waals surface area contributed by atoms with Crippen molar-refractivity contribution in [1.29, 1.82) is 0 Å². The Morgan fingerprint density at radius 2 is 1.55 bits per heavy atom. The highest BCUT2D eigenvalue weighted by Crippen LogP contribution is 2.29. The maximum absolute atomic E-state index is 11.9. The van der Waals surface area contributed by atoms with Crippen molar-refractivity contribution < 1.29 is 13.0 Å². The topological polar surface area (TPSA) is 61.6 Å². The molecular weight excluding hydrogens is 302 g/mol. The first-order chi connectivity index (χ1) is 8.93. The van der Waals surface area contributed by atoms with Crippen LogP contribution in [-0.2, 0) is 13.0 Å². The molecule has 0 aromatic heterocycles. The number of rotatable bonds is 10. The van der Waals surface area contributed by atoms with E-state index >= 15 is 0 Å². The van der Waals surface area contributed by atoms with Crippen molar-refractivity contribution >= 4 is 31.0 Å². The minimum Gasteiger partial charge on any atom is -0.436 e. The Kier molecular flexibility index (Phi) is 7.79. The quantitative estimate of drug-likeness (QED) is 0.492. The maximum atomic E-state index is 11.9. The molecule has 2 N–H and O–H groups in total. The van der Waals surface area contributed by atoms with Gasteiger partial charge in [-0.2, -0.15) is 0 Å². The lowest BCUT2D eigenvalue weighted by Gasteiger charge is -2.40. The van der Waals surface area contributed by atoms with E-state index in [4.69, 9.17) is 14.0 Å². The van der Waals surface area contributed by atoms with Gasteiger partial charge in [0.05, 0.1) is 6.04 Å². The van der Waals surface area contributed by atoms with E-state index < -0.39 is 25.2 Å². The SMILES string of the molecule is C=CC(=O)C[Si](CCCN)(O[Si](C)(C)C)O[Si](C)(C)C. The van der Waals surface area contributed by atoms with Crippen molar-refractivity contribution in [2.24, 2.45) is 5.73 Å². The molecule has 0 saturated carbocycles. The minimum absolute atomic E-state index is 0.0187. The third-order valence-corrected chi connectivity index (χ3v) is 12.3. The average molecular weight is 334 g/mol. The van der Waals surface area contributed by atoms with Gasteiger partial charge in [-0.3, -0.25) is 4.79 Å². The fourth-order valence-corrected chi connectivity index (χ4v) is 14.6. The largest absolute Gasteiger partial charge is 0.436 e. The van der Waals surface area contributed by atoms with Gasteiger partial charge < -0.3 is 14.0 Å². The van der Waals surface area contributed by atoms with Crippen LogP contribution in [-0.4, -0.2) is 37.5 Å². The molecule has 0 aromatic carbocycles. The molecule has 20 heavy (non-hydrogen) atoms. The molecule has 0 aliphatic carbocycles. The van der Waals surface area contributed by atoms with Gasteiger partial charge in [0.1, 0.15) is 0 Å². The van der Waals surface area contributed by atoms with Crippen LogP contribution in [0.2, 0.25) is 51.4 Å². The van der Waals surface area contributed by atoms with E-state index in [1.807, 2.05) is 0 Å². The normalized spacial score (nSPS) is 13.3. The summed E-state index contributed by atoms with van der Waals surface area (Å²) >= 11 is 0. The van der Waals surface area contributed by atoms with Gasteiger partial charge in [0.2, 0.25) is 0 Å². The molecule has 0 bridgehead atoms. The average Bonchev–Trinajstić information content (AvgIpc) is 2.21. The van der Waals surface area contributed by atoms with E-state index in [2.05, 4.69) is 45.9 Å². The van der Waals surface area contributed by atoms with E-state index in [1.165, 1.54) is 6.08 Å². The minimum atomic E-state index is -2.55. The van der Waals surface area contributed by atoms with Gasteiger partial charge >= 0.3 is 8.56 Å². The van der Waals surface area contributed by atoms with E-state index in [1.54, 1.807) is 0 Å². The third kappa shape index (κ3) is 8.98.